The van der Waals surface area contributed by atoms with Crippen molar-refractivity contribution in [3.63, 3.8) is 0 Å². The van der Waals surface area contributed by atoms with Crippen LogP contribution in [0.1, 0.15) is 13.3 Å². The smallest absolute Gasteiger partial charge is 0.119 e. The molecule has 0 aliphatic carbocycles. The Labute approximate surface area is 122 Å². The van der Waals surface area contributed by atoms with Gasteiger partial charge in [-0.2, -0.15) is 0 Å². The van der Waals surface area contributed by atoms with Crippen molar-refractivity contribution in [1.29, 1.82) is 0 Å². The Bertz CT molecular complexity index is 385. The van der Waals surface area contributed by atoms with E-state index < -0.39 is 6.10 Å². The van der Waals surface area contributed by atoms with Crippen LogP contribution < -0.4 is 10.1 Å². The Balaban J connectivity index is 1.66. The zero-order valence-corrected chi connectivity index (χ0v) is 12.6. The summed E-state index contributed by atoms with van der Waals surface area (Å²) in [5, 5.41) is 13.2. The first-order valence-corrected chi connectivity index (χ1v) is 7.36. The molecule has 2 rings (SSSR count). The molecule has 3 unspecified atom stereocenters. The fourth-order valence-electron chi connectivity index (χ4n) is 2.07. The van der Waals surface area contributed by atoms with E-state index in [-0.39, 0.29) is 12.7 Å². The molecule has 0 saturated carbocycles. The highest BCUT2D eigenvalue weighted by Crippen LogP contribution is 2.16. The topological polar surface area (TPSA) is 50.7 Å². The summed E-state index contributed by atoms with van der Waals surface area (Å²) >= 11 is 3.37. The molecule has 19 heavy (non-hydrogen) atoms. The van der Waals surface area contributed by atoms with E-state index in [1.807, 2.05) is 24.3 Å². The van der Waals surface area contributed by atoms with Crippen LogP contribution in [-0.4, -0.2) is 43.1 Å². The molecule has 1 heterocycles. The van der Waals surface area contributed by atoms with E-state index in [1.165, 1.54) is 0 Å². The SMILES string of the molecule is CC1OCCC1NCC(O)COc1ccc(Br)cc1. The maximum absolute atomic E-state index is 9.87. The van der Waals surface area contributed by atoms with Gasteiger partial charge < -0.3 is 19.9 Å². The summed E-state index contributed by atoms with van der Waals surface area (Å²) in [5.41, 5.74) is 0. The highest BCUT2D eigenvalue weighted by molar-refractivity contribution is 9.10. The van der Waals surface area contributed by atoms with Gasteiger partial charge in [0, 0.05) is 23.7 Å². The third-order valence-electron chi connectivity index (χ3n) is 3.25. The lowest BCUT2D eigenvalue weighted by atomic mass is 10.1. The van der Waals surface area contributed by atoms with Gasteiger partial charge in [0.2, 0.25) is 0 Å². The summed E-state index contributed by atoms with van der Waals surface area (Å²) < 4.78 is 12.0. The number of aliphatic hydroxyl groups is 1. The fourth-order valence-corrected chi connectivity index (χ4v) is 2.33. The van der Waals surface area contributed by atoms with Gasteiger partial charge in [-0.25, -0.2) is 0 Å². The quantitative estimate of drug-likeness (QED) is 0.837. The third kappa shape index (κ3) is 4.76. The third-order valence-corrected chi connectivity index (χ3v) is 3.78. The molecule has 4 nitrogen and oxygen atoms in total. The number of hydrogen-bond acceptors (Lipinski definition) is 4. The number of benzene rings is 1. The second-order valence-electron chi connectivity index (χ2n) is 4.80. The molecule has 1 aromatic rings. The van der Waals surface area contributed by atoms with Crippen LogP contribution in [0.15, 0.2) is 28.7 Å². The van der Waals surface area contributed by atoms with E-state index in [9.17, 15) is 5.11 Å². The maximum Gasteiger partial charge on any atom is 0.119 e. The van der Waals surface area contributed by atoms with Gasteiger partial charge in [-0.1, -0.05) is 15.9 Å². The zero-order valence-electron chi connectivity index (χ0n) is 11.0. The van der Waals surface area contributed by atoms with Gasteiger partial charge in [-0.3, -0.25) is 0 Å². The van der Waals surface area contributed by atoms with Crippen LogP contribution in [0.5, 0.6) is 5.75 Å². The van der Waals surface area contributed by atoms with Crippen molar-refractivity contribution < 1.29 is 14.6 Å². The lowest BCUT2D eigenvalue weighted by molar-refractivity contribution is 0.0897. The normalized spacial score (nSPS) is 24.4. The summed E-state index contributed by atoms with van der Waals surface area (Å²) in [6.07, 6.45) is 0.706. The summed E-state index contributed by atoms with van der Waals surface area (Å²) in [6, 6.07) is 7.91. The molecule has 1 saturated heterocycles. The summed E-state index contributed by atoms with van der Waals surface area (Å²) in [7, 11) is 0. The lowest BCUT2D eigenvalue weighted by Gasteiger charge is -2.19. The average Bonchev–Trinajstić information content (AvgIpc) is 2.81. The second-order valence-corrected chi connectivity index (χ2v) is 5.71. The Morgan fingerprint density at radius 2 is 2.21 bits per heavy atom. The predicted octanol–water partition coefficient (Wildman–Crippen LogP) is 1.96. The standard InChI is InChI=1S/C14H20BrNO3/c1-10-14(6-7-18-10)16-8-12(17)9-19-13-4-2-11(15)3-5-13/h2-5,10,12,14,16-17H,6-9H2,1H3. The molecule has 1 aliphatic rings. The molecule has 0 radical (unpaired) electrons. The van der Waals surface area contributed by atoms with Crippen LogP contribution >= 0.6 is 15.9 Å². The van der Waals surface area contributed by atoms with Crippen molar-refractivity contribution in [2.45, 2.75) is 31.6 Å². The first-order valence-electron chi connectivity index (χ1n) is 6.56. The Hall–Kier alpha value is -0.620. The zero-order chi connectivity index (χ0) is 13.7. The largest absolute Gasteiger partial charge is 0.491 e. The molecule has 1 fully saturated rings. The first kappa shape index (κ1) is 14.8. The predicted molar refractivity (Wildman–Crippen MR) is 77.5 cm³/mol. The number of nitrogens with one attached hydrogen (secondary N) is 1. The molecule has 5 heteroatoms. The van der Waals surface area contributed by atoms with Gasteiger partial charge in [-0.15, -0.1) is 0 Å². The van der Waals surface area contributed by atoms with Crippen molar-refractivity contribution in [2.75, 3.05) is 19.8 Å². The van der Waals surface area contributed by atoms with Crippen molar-refractivity contribution in [2.24, 2.45) is 0 Å². The number of aliphatic hydroxyl groups excluding tert-OH is 1. The molecule has 0 spiro atoms. The minimum absolute atomic E-state index is 0.222. The number of ether oxygens (including phenoxy) is 2. The van der Waals surface area contributed by atoms with E-state index in [0.717, 1.165) is 23.2 Å². The maximum atomic E-state index is 9.87. The molecule has 2 N–H and O–H groups in total. The lowest BCUT2D eigenvalue weighted by Crippen LogP contribution is -2.41. The molecule has 0 amide bonds. The first-order chi connectivity index (χ1) is 9.15. The monoisotopic (exact) mass is 329 g/mol. The van der Waals surface area contributed by atoms with Gasteiger partial charge in [0.25, 0.3) is 0 Å². The minimum atomic E-state index is -0.517. The van der Waals surface area contributed by atoms with Gasteiger partial charge in [0.05, 0.1) is 6.10 Å². The molecule has 1 aliphatic heterocycles. The molecule has 3 atom stereocenters. The highest BCUT2D eigenvalue weighted by atomic mass is 79.9. The van der Waals surface area contributed by atoms with Gasteiger partial charge in [0.1, 0.15) is 18.5 Å². The minimum Gasteiger partial charge on any atom is -0.491 e. The van der Waals surface area contributed by atoms with E-state index in [1.54, 1.807) is 0 Å². The second kappa shape index (κ2) is 7.24. The molecule has 0 aromatic heterocycles. The van der Waals surface area contributed by atoms with Crippen LogP contribution in [0.4, 0.5) is 0 Å². The molecule has 106 valence electrons. The number of halogens is 1. The van der Waals surface area contributed by atoms with Crippen LogP contribution in [-0.2, 0) is 4.74 Å². The van der Waals surface area contributed by atoms with Crippen LogP contribution in [0.3, 0.4) is 0 Å². The van der Waals surface area contributed by atoms with Crippen LogP contribution in [0.2, 0.25) is 0 Å². The fraction of sp³-hybridized carbons (Fsp3) is 0.571. The molecular weight excluding hydrogens is 310 g/mol. The van der Waals surface area contributed by atoms with Gasteiger partial charge in [-0.05, 0) is 37.6 Å². The average molecular weight is 330 g/mol. The Morgan fingerprint density at radius 3 is 2.84 bits per heavy atom. The number of rotatable bonds is 6. The summed E-state index contributed by atoms with van der Waals surface area (Å²) in [4.78, 5) is 0. The highest BCUT2D eigenvalue weighted by Gasteiger charge is 2.24. The van der Waals surface area contributed by atoms with Gasteiger partial charge in [0.15, 0.2) is 0 Å². The van der Waals surface area contributed by atoms with E-state index in [0.29, 0.717) is 12.6 Å². The number of hydrogen-bond donors (Lipinski definition) is 2. The van der Waals surface area contributed by atoms with Crippen molar-refractivity contribution in [3.05, 3.63) is 28.7 Å². The van der Waals surface area contributed by atoms with Crippen LogP contribution in [0, 0.1) is 0 Å². The van der Waals surface area contributed by atoms with Crippen molar-refractivity contribution in [1.82, 2.24) is 5.32 Å². The Kier molecular flexibility index (Phi) is 5.63. The Morgan fingerprint density at radius 1 is 1.47 bits per heavy atom. The molecule has 0 bridgehead atoms. The van der Waals surface area contributed by atoms with Crippen LogP contribution in [0.25, 0.3) is 0 Å². The van der Waals surface area contributed by atoms with E-state index in [2.05, 4.69) is 28.2 Å². The molecular formula is C14H20BrNO3. The summed E-state index contributed by atoms with van der Waals surface area (Å²) in [6.45, 7) is 3.66. The van der Waals surface area contributed by atoms with E-state index in [4.69, 9.17) is 9.47 Å². The van der Waals surface area contributed by atoms with Gasteiger partial charge >= 0.3 is 0 Å². The van der Waals surface area contributed by atoms with E-state index >= 15 is 0 Å². The molecule has 1 aromatic carbocycles. The van der Waals surface area contributed by atoms with Crippen molar-refractivity contribution in [3.8, 4) is 5.75 Å². The van der Waals surface area contributed by atoms with Crippen molar-refractivity contribution >= 4 is 15.9 Å². The summed E-state index contributed by atoms with van der Waals surface area (Å²) in [5.74, 6) is 0.764.